The standard InChI is InChI=1S/C33H45N7O6/c1-21(2)29-32(45)36-22(3)30(43)38-26(19-24-9-6-5-7-10-24)33(46)40(4)20-28(42)35-16-8-11-25(31(44)39-29)37-27(41)13-12-23-14-17-34-18-15-23/h5-7,9-10,14-15,17-18,21-22,25-26,29H,8,11-13,16,19-20H2,1-4H3,(H,35,42)(H,36,45)(H,37,41)(H,38,43)(H,39,44)/t22-,25+,26+,29-/m1/s1. The zero-order valence-corrected chi connectivity index (χ0v) is 26.9. The number of carbonyl (C=O) groups is 6. The number of rotatable bonds is 7. The third-order valence-electron chi connectivity index (χ3n) is 7.69. The molecule has 0 spiro atoms. The van der Waals surface area contributed by atoms with E-state index < -0.39 is 53.7 Å². The highest BCUT2D eigenvalue weighted by Gasteiger charge is 2.32. The van der Waals surface area contributed by atoms with Gasteiger partial charge >= 0.3 is 0 Å². The summed E-state index contributed by atoms with van der Waals surface area (Å²) in [4.78, 5) is 84.2. The molecule has 3 rings (SSSR count). The number of carbonyl (C=O) groups excluding carboxylic acids is 6. The zero-order chi connectivity index (χ0) is 33.6. The van der Waals surface area contributed by atoms with Crippen molar-refractivity contribution < 1.29 is 28.8 Å². The van der Waals surface area contributed by atoms with Crippen molar-refractivity contribution >= 4 is 35.4 Å². The molecule has 4 atom stereocenters. The van der Waals surface area contributed by atoms with Crippen LogP contribution < -0.4 is 26.6 Å². The van der Waals surface area contributed by atoms with Gasteiger partial charge in [-0.15, -0.1) is 0 Å². The third kappa shape index (κ3) is 11.3. The minimum atomic E-state index is -1.05. The molecule has 0 radical (unpaired) electrons. The van der Waals surface area contributed by atoms with Gasteiger partial charge in [-0.2, -0.15) is 0 Å². The van der Waals surface area contributed by atoms with Crippen LogP contribution in [0.4, 0.5) is 0 Å². The number of aromatic nitrogens is 1. The number of benzene rings is 1. The molecule has 0 unspecified atom stereocenters. The molecule has 13 nitrogen and oxygen atoms in total. The van der Waals surface area contributed by atoms with E-state index in [-0.39, 0.29) is 44.2 Å². The molecule has 1 aliphatic heterocycles. The summed E-state index contributed by atoms with van der Waals surface area (Å²) in [5, 5.41) is 13.6. The Morgan fingerprint density at radius 2 is 1.63 bits per heavy atom. The fourth-order valence-electron chi connectivity index (χ4n) is 5.00. The van der Waals surface area contributed by atoms with Gasteiger partial charge in [0.2, 0.25) is 35.4 Å². The van der Waals surface area contributed by atoms with Crippen LogP contribution in [0.3, 0.4) is 0 Å². The molecule has 46 heavy (non-hydrogen) atoms. The molecule has 6 amide bonds. The van der Waals surface area contributed by atoms with Crippen molar-refractivity contribution in [2.45, 2.75) is 77.0 Å². The minimum Gasteiger partial charge on any atom is -0.355 e. The molecule has 0 bridgehead atoms. The third-order valence-corrected chi connectivity index (χ3v) is 7.69. The fourth-order valence-corrected chi connectivity index (χ4v) is 5.00. The van der Waals surface area contributed by atoms with Gasteiger partial charge in [-0.25, -0.2) is 0 Å². The largest absolute Gasteiger partial charge is 0.355 e. The van der Waals surface area contributed by atoms with Gasteiger partial charge in [-0.05, 0) is 55.4 Å². The van der Waals surface area contributed by atoms with E-state index in [0.717, 1.165) is 11.1 Å². The van der Waals surface area contributed by atoms with E-state index >= 15 is 0 Å². The minimum absolute atomic E-state index is 0.136. The molecule has 0 saturated carbocycles. The molecule has 13 heteroatoms. The maximum absolute atomic E-state index is 13.5. The molecule has 1 aromatic heterocycles. The van der Waals surface area contributed by atoms with E-state index in [9.17, 15) is 28.8 Å². The highest BCUT2D eigenvalue weighted by Crippen LogP contribution is 2.09. The van der Waals surface area contributed by atoms with E-state index in [1.807, 2.05) is 30.3 Å². The van der Waals surface area contributed by atoms with Gasteiger partial charge in [0.25, 0.3) is 0 Å². The normalized spacial score (nSPS) is 22.5. The highest BCUT2D eigenvalue weighted by molar-refractivity contribution is 5.96. The molecule has 248 valence electrons. The first kappa shape index (κ1) is 35.7. The number of likely N-dealkylation sites (N-methyl/N-ethyl adjacent to an activating group) is 1. The molecular formula is C33H45N7O6. The van der Waals surface area contributed by atoms with E-state index in [1.165, 1.54) is 18.9 Å². The number of nitrogens with zero attached hydrogens (tertiary/aromatic N) is 2. The van der Waals surface area contributed by atoms with E-state index in [4.69, 9.17) is 0 Å². The first-order chi connectivity index (χ1) is 21.9. The van der Waals surface area contributed by atoms with Crippen LogP contribution in [0.25, 0.3) is 0 Å². The lowest BCUT2D eigenvalue weighted by Crippen LogP contribution is -2.59. The molecule has 1 aromatic carbocycles. The average Bonchev–Trinajstić information content (AvgIpc) is 3.03. The van der Waals surface area contributed by atoms with Crippen molar-refractivity contribution in [1.29, 1.82) is 0 Å². The molecular weight excluding hydrogens is 590 g/mol. The number of hydrogen-bond acceptors (Lipinski definition) is 7. The first-order valence-corrected chi connectivity index (χ1v) is 15.6. The zero-order valence-electron chi connectivity index (χ0n) is 26.9. The van der Waals surface area contributed by atoms with Crippen LogP contribution >= 0.6 is 0 Å². The second-order valence-corrected chi connectivity index (χ2v) is 11.9. The van der Waals surface area contributed by atoms with Gasteiger partial charge in [0.15, 0.2) is 0 Å². The average molecular weight is 636 g/mol. The fraction of sp³-hybridized carbons (Fsp3) is 0.485. The van der Waals surface area contributed by atoms with E-state index in [2.05, 4.69) is 31.6 Å². The van der Waals surface area contributed by atoms with Crippen LogP contribution in [0.5, 0.6) is 0 Å². The maximum Gasteiger partial charge on any atom is 0.245 e. The topological polar surface area (TPSA) is 179 Å². The Morgan fingerprint density at radius 1 is 0.935 bits per heavy atom. The van der Waals surface area contributed by atoms with Gasteiger partial charge in [0.1, 0.15) is 24.2 Å². The van der Waals surface area contributed by atoms with Crippen LogP contribution in [0.2, 0.25) is 0 Å². The van der Waals surface area contributed by atoms with E-state index in [0.29, 0.717) is 12.8 Å². The Labute approximate surface area is 269 Å². The van der Waals surface area contributed by atoms with Crippen molar-refractivity contribution in [3.8, 4) is 0 Å². The Hall–Kier alpha value is -4.81. The predicted octanol–water partition coefficient (Wildman–Crippen LogP) is 0.240. The monoisotopic (exact) mass is 635 g/mol. The van der Waals surface area contributed by atoms with Crippen LogP contribution in [-0.2, 0) is 41.6 Å². The molecule has 1 fully saturated rings. The summed E-state index contributed by atoms with van der Waals surface area (Å²) in [6, 6.07) is 8.73. The number of hydrogen-bond donors (Lipinski definition) is 5. The van der Waals surface area contributed by atoms with Crippen LogP contribution in [-0.4, -0.2) is 89.6 Å². The van der Waals surface area contributed by atoms with Gasteiger partial charge in [0.05, 0.1) is 6.54 Å². The van der Waals surface area contributed by atoms with Crippen LogP contribution in [0.1, 0.15) is 51.2 Å². The lowest BCUT2D eigenvalue weighted by atomic mass is 10.0. The first-order valence-electron chi connectivity index (χ1n) is 15.6. The Balaban J connectivity index is 1.79. The molecule has 2 heterocycles. The second kappa shape index (κ2) is 17.6. The maximum atomic E-state index is 13.5. The smallest absolute Gasteiger partial charge is 0.245 e. The SMILES string of the molecule is CC(C)[C@H]1NC(=O)[C@@H](NC(=O)CCc2ccncc2)CCCNC(=O)CN(C)C(=O)[C@H](Cc2ccccc2)NC(=O)[C@@H](C)NC1=O. The summed E-state index contributed by atoms with van der Waals surface area (Å²) >= 11 is 0. The summed E-state index contributed by atoms with van der Waals surface area (Å²) in [6.07, 6.45) is 4.57. The van der Waals surface area contributed by atoms with Gasteiger partial charge < -0.3 is 31.5 Å². The number of aryl methyl sites for hydroxylation is 1. The summed E-state index contributed by atoms with van der Waals surface area (Å²) in [5.41, 5.74) is 1.73. The van der Waals surface area contributed by atoms with Gasteiger partial charge in [-0.3, -0.25) is 33.8 Å². The number of pyridine rings is 1. The molecule has 1 saturated heterocycles. The van der Waals surface area contributed by atoms with Gasteiger partial charge in [0, 0.05) is 38.8 Å². The summed E-state index contributed by atoms with van der Waals surface area (Å²) in [7, 11) is 1.48. The highest BCUT2D eigenvalue weighted by atomic mass is 16.2. The molecule has 5 N–H and O–H groups in total. The van der Waals surface area contributed by atoms with E-state index in [1.54, 1.807) is 38.4 Å². The predicted molar refractivity (Wildman–Crippen MR) is 171 cm³/mol. The van der Waals surface area contributed by atoms with Crippen molar-refractivity contribution in [2.75, 3.05) is 20.1 Å². The van der Waals surface area contributed by atoms with Crippen LogP contribution in [0, 0.1) is 5.92 Å². The quantitative estimate of drug-likeness (QED) is 0.289. The van der Waals surface area contributed by atoms with Crippen molar-refractivity contribution in [3.63, 3.8) is 0 Å². The number of amides is 6. The summed E-state index contributed by atoms with van der Waals surface area (Å²) < 4.78 is 0. The number of nitrogens with one attached hydrogen (secondary N) is 5. The molecule has 0 aliphatic carbocycles. The van der Waals surface area contributed by atoms with Crippen molar-refractivity contribution in [2.24, 2.45) is 5.92 Å². The van der Waals surface area contributed by atoms with Gasteiger partial charge in [-0.1, -0.05) is 44.2 Å². The van der Waals surface area contributed by atoms with Crippen LogP contribution in [0.15, 0.2) is 54.9 Å². The second-order valence-electron chi connectivity index (χ2n) is 11.9. The lowest BCUT2D eigenvalue weighted by molar-refractivity contribution is -0.139. The molecule has 2 aromatic rings. The summed E-state index contributed by atoms with van der Waals surface area (Å²) in [6.45, 7) is 4.93. The Bertz CT molecular complexity index is 1350. The Kier molecular flexibility index (Phi) is 13.7. The van der Waals surface area contributed by atoms with Crippen molar-refractivity contribution in [3.05, 3.63) is 66.0 Å². The Morgan fingerprint density at radius 3 is 2.30 bits per heavy atom. The summed E-state index contributed by atoms with van der Waals surface area (Å²) in [5.74, 6) is -3.31. The van der Waals surface area contributed by atoms with Crippen molar-refractivity contribution in [1.82, 2.24) is 36.5 Å². The molecule has 1 aliphatic rings. The lowest BCUT2D eigenvalue weighted by Gasteiger charge is -2.28.